The summed E-state index contributed by atoms with van der Waals surface area (Å²) in [5.41, 5.74) is 0.0197. The van der Waals surface area contributed by atoms with Crippen LogP contribution in [0, 0.1) is 10.1 Å². The Morgan fingerprint density at radius 1 is 1.62 bits per heavy atom. The summed E-state index contributed by atoms with van der Waals surface area (Å²) < 4.78 is 5.25. The van der Waals surface area contributed by atoms with Gasteiger partial charge in [-0.15, -0.1) is 0 Å². The number of aromatic nitrogens is 1. The normalized spacial score (nSPS) is 20.1. The number of methoxy groups -OCH3 is 1. The third kappa shape index (κ3) is 2.11. The van der Waals surface area contributed by atoms with E-state index in [-0.39, 0.29) is 11.8 Å². The van der Waals surface area contributed by atoms with E-state index in [1.807, 2.05) is 0 Å². The molecule has 1 aromatic rings. The summed E-state index contributed by atoms with van der Waals surface area (Å²) in [7, 11) is 1.69. The van der Waals surface area contributed by atoms with Crippen molar-refractivity contribution in [3.8, 4) is 0 Å². The minimum absolute atomic E-state index is 0.0197. The Morgan fingerprint density at radius 3 is 2.94 bits per heavy atom. The summed E-state index contributed by atoms with van der Waals surface area (Å²) >= 11 is 0. The van der Waals surface area contributed by atoms with E-state index < -0.39 is 4.92 Å². The van der Waals surface area contributed by atoms with Crippen molar-refractivity contribution in [1.82, 2.24) is 4.98 Å². The Labute approximate surface area is 93.0 Å². The first-order valence-corrected chi connectivity index (χ1v) is 5.09. The average Bonchev–Trinajstić information content (AvgIpc) is 2.77. The summed E-state index contributed by atoms with van der Waals surface area (Å²) in [4.78, 5) is 16.2. The number of nitrogens with zero attached hydrogens (tertiary/aromatic N) is 3. The highest BCUT2D eigenvalue weighted by molar-refractivity contribution is 5.43. The zero-order valence-electron chi connectivity index (χ0n) is 9.00. The van der Waals surface area contributed by atoms with E-state index in [0.717, 1.165) is 25.3 Å². The Balaban J connectivity index is 2.08. The van der Waals surface area contributed by atoms with Gasteiger partial charge >= 0.3 is 0 Å². The van der Waals surface area contributed by atoms with Gasteiger partial charge in [0.25, 0.3) is 5.69 Å². The molecule has 0 spiro atoms. The largest absolute Gasteiger partial charge is 0.380 e. The van der Waals surface area contributed by atoms with E-state index in [2.05, 4.69) is 9.88 Å². The van der Waals surface area contributed by atoms with Crippen molar-refractivity contribution in [2.24, 2.45) is 0 Å². The maximum Gasteiger partial charge on any atom is 0.287 e. The molecule has 1 fully saturated rings. The predicted octanol–water partition coefficient (Wildman–Crippen LogP) is 1.21. The molecule has 1 aromatic heterocycles. The number of hydrogen-bond donors (Lipinski definition) is 0. The van der Waals surface area contributed by atoms with Crippen molar-refractivity contribution >= 4 is 11.5 Å². The van der Waals surface area contributed by atoms with E-state index in [1.54, 1.807) is 13.2 Å². The molecule has 6 heteroatoms. The van der Waals surface area contributed by atoms with Gasteiger partial charge in [-0.25, -0.2) is 4.98 Å². The number of rotatable bonds is 3. The lowest BCUT2D eigenvalue weighted by atomic mass is 10.3. The van der Waals surface area contributed by atoms with Crippen LogP contribution in [0.2, 0.25) is 0 Å². The molecule has 1 unspecified atom stereocenters. The molecule has 0 saturated carbocycles. The molecule has 1 atom stereocenters. The van der Waals surface area contributed by atoms with Crippen molar-refractivity contribution in [2.45, 2.75) is 12.5 Å². The van der Waals surface area contributed by atoms with E-state index >= 15 is 0 Å². The Hall–Kier alpha value is -1.69. The van der Waals surface area contributed by atoms with Crippen molar-refractivity contribution in [2.75, 3.05) is 25.1 Å². The minimum atomic E-state index is -0.446. The van der Waals surface area contributed by atoms with Crippen LogP contribution in [0.1, 0.15) is 6.42 Å². The molecule has 86 valence electrons. The zero-order chi connectivity index (χ0) is 11.5. The zero-order valence-corrected chi connectivity index (χ0v) is 9.00. The van der Waals surface area contributed by atoms with Gasteiger partial charge in [-0.2, -0.15) is 0 Å². The lowest BCUT2D eigenvalue weighted by molar-refractivity contribution is -0.385. The van der Waals surface area contributed by atoms with E-state index in [1.165, 1.54) is 12.3 Å². The summed E-state index contributed by atoms with van der Waals surface area (Å²) in [6.45, 7) is 1.67. The molecule has 0 N–H and O–H groups in total. The monoisotopic (exact) mass is 223 g/mol. The molecule has 2 heterocycles. The molecule has 1 saturated heterocycles. The van der Waals surface area contributed by atoms with Crippen LogP contribution in [0.5, 0.6) is 0 Å². The van der Waals surface area contributed by atoms with Gasteiger partial charge in [-0.1, -0.05) is 0 Å². The summed E-state index contributed by atoms with van der Waals surface area (Å²) in [5.74, 6) is 0.769. The van der Waals surface area contributed by atoms with Crippen LogP contribution in [0.3, 0.4) is 0 Å². The van der Waals surface area contributed by atoms with Gasteiger partial charge in [0, 0.05) is 26.3 Å². The number of hydrogen-bond acceptors (Lipinski definition) is 5. The topological polar surface area (TPSA) is 68.5 Å². The van der Waals surface area contributed by atoms with E-state index in [4.69, 9.17) is 4.74 Å². The lowest BCUT2D eigenvalue weighted by Crippen LogP contribution is -2.22. The van der Waals surface area contributed by atoms with Crippen LogP contribution in [0.4, 0.5) is 11.5 Å². The van der Waals surface area contributed by atoms with E-state index in [0.29, 0.717) is 0 Å². The van der Waals surface area contributed by atoms with E-state index in [9.17, 15) is 10.1 Å². The highest BCUT2D eigenvalue weighted by Crippen LogP contribution is 2.21. The summed E-state index contributed by atoms with van der Waals surface area (Å²) in [6.07, 6.45) is 2.49. The predicted molar refractivity (Wildman–Crippen MR) is 58.5 cm³/mol. The fourth-order valence-electron chi connectivity index (χ4n) is 1.80. The quantitative estimate of drug-likeness (QED) is 0.569. The Kier molecular flexibility index (Phi) is 3.00. The first-order chi connectivity index (χ1) is 7.70. The number of pyridine rings is 1. The van der Waals surface area contributed by atoms with Crippen LogP contribution in [0.25, 0.3) is 0 Å². The van der Waals surface area contributed by atoms with Crippen molar-refractivity contribution in [1.29, 1.82) is 0 Å². The fraction of sp³-hybridized carbons (Fsp3) is 0.500. The maximum atomic E-state index is 10.5. The molecule has 0 amide bonds. The summed E-state index contributed by atoms with van der Waals surface area (Å²) in [5, 5.41) is 10.5. The number of anilines is 1. The first kappa shape index (κ1) is 10.8. The third-order valence-corrected chi connectivity index (χ3v) is 2.75. The van der Waals surface area contributed by atoms with Gasteiger partial charge in [0.05, 0.1) is 11.0 Å². The van der Waals surface area contributed by atoms with Gasteiger partial charge in [0.1, 0.15) is 12.0 Å². The fourth-order valence-corrected chi connectivity index (χ4v) is 1.80. The highest BCUT2D eigenvalue weighted by atomic mass is 16.6. The molecule has 0 radical (unpaired) electrons. The second-order valence-electron chi connectivity index (χ2n) is 3.72. The molecule has 0 aromatic carbocycles. The number of nitro groups is 1. The molecule has 2 rings (SSSR count). The molecule has 16 heavy (non-hydrogen) atoms. The summed E-state index contributed by atoms with van der Waals surface area (Å²) in [6, 6.07) is 3.15. The first-order valence-electron chi connectivity index (χ1n) is 5.09. The molecule has 1 aliphatic rings. The molecule has 0 bridgehead atoms. The second kappa shape index (κ2) is 4.44. The lowest BCUT2D eigenvalue weighted by Gasteiger charge is -2.16. The van der Waals surface area contributed by atoms with Gasteiger partial charge in [-0.3, -0.25) is 10.1 Å². The van der Waals surface area contributed by atoms with Crippen molar-refractivity contribution in [3.05, 3.63) is 28.4 Å². The average molecular weight is 223 g/mol. The van der Waals surface area contributed by atoms with Gasteiger partial charge < -0.3 is 9.64 Å². The molecule has 1 aliphatic heterocycles. The molecule has 6 nitrogen and oxygen atoms in total. The van der Waals surface area contributed by atoms with Gasteiger partial charge in [-0.05, 0) is 12.5 Å². The molecule has 0 aliphatic carbocycles. The second-order valence-corrected chi connectivity index (χ2v) is 3.72. The van der Waals surface area contributed by atoms with Crippen molar-refractivity contribution in [3.63, 3.8) is 0 Å². The minimum Gasteiger partial charge on any atom is -0.380 e. The van der Waals surface area contributed by atoms with Crippen LogP contribution < -0.4 is 4.90 Å². The number of ether oxygens (including phenoxy) is 1. The smallest absolute Gasteiger partial charge is 0.287 e. The molecular formula is C10H13N3O3. The third-order valence-electron chi connectivity index (χ3n) is 2.75. The standard InChI is InChI=1S/C10H13N3O3/c1-16-9-4-5-12(7-9)10-3-2-8(6-11-10)13(14)15/h2-3,6,9H,4-5,7H2,1H3. The van der Waals surface area contributed by atoms with Crippen LogP contribution in [0.15, 0.2) is 18.3 Å². The highest BCUT2D eigenvalue weighted by Gasteiger charge is 2.23. The van der Waals surface area contributed by atoms with Crippen LogP contribution in [-0.2, 0) is 4.74 Å². The Bertz CT molecular complexity index is 379. The maximum absolute atomic E-state index is 10.5. The SMILES string of the molecule is COC1CCN(c2ccc([N+](=O)[O-])cn2)C1. The van der Waals surface area contributed by atoms with Gasteiger partial charge in [0.2, 0.25) is 0 Å². The van der Waals surface area contributed by atoms with Crippen molar-refractivity contribution < 1.29 is 9.66 Å². The Morgan fingerprint density at radius 2 is 2.44 bits per heavy atom. The van der Waals surface area contributed by atoms with Gasteiger partial charge in [0.15, 0.2) is 0 Å². The van der Waals surface area contributed by atoms with Crippen LogP contribution >= 0.6 is 0 Å². The molecular weight excluding hydrogens is 210 g/mol. The van der Waals surface area contributed by atoms with Crippen LogP contribution in [-0.4, -0.2) is 36.2 Å².